The van der Waals surface area contributed by atoms with Crippen LogP contribution < -0.4 is 10.1 Å². The Kier molecular flexibility index (Phi) is 5.20. The zero-order valence-corrected chi connectivity index (χ0v) is 15.9. The fourth-order valence-corrected chi connectivity index (χ4v) is 3.31. The van der Waals surface area contributed by atoms with E-state index in [9.17, 15) is 4.79 Å². The molecule has 4 aromatic rings. The first-order valence-corrected chi connectivity index (χ1v) is 9.56. The van der Waals surface area contributed by atoms with Gasteiger partial charge in [0.25, 0.3) is 0 Å². The van der Waals surface area contributed by atoms with Crippen LogP contribution in [0.1, 0.15) is 0 Å². The Labute approximate surface area is 165 Å². The molecule has 4 rings (SSSR count). The molecule has 0 spiro atoms. The van der Waals surface area contributed by atoms with Gasteiger partial charge in [-0.25, -0.2) is 0 Å². The van der Waals surface area contributed by atoms with Crippen molar-refractivity contribution >= 4 is 29.0 Å². The minimum atomic E-state index is -0.133. The first-order chi connectivity index (χ1) is 13.7. The Morgan fingerprint density at radius 1 is 1.04 bits per heavy atom. The topological polar surface area (TPSA) is 81.4 Å². The molecule has 0 aliphatic carbocycles. The lowest BCUT2D eigenvalue weighted by molar-refractivity contribution is -0.113. The molecular weight excluding hydrogens is 374 g/mol. The lowest BCUT2D eigenvalue weighted by Crippen LogP contribution is -2.14. The number of benzene rings is 2. The number of thioether (sulfide) groups is 1. The number of nitrogens with zero attached hydrogens (tertiary/aromatic N) is 4. The van der Waals surface area contributed by atoms with Gasteiger partial charge in [-0.3, -0.25) is 4.79 Å². The van der Waals surface area contributed by atoms with Crippen LogP contribution >= 0.6 is 11.8 Å². The normalized spacial score (nSPS) is 10.8. The van der Waals surface area contributed by atoms with Crippen molar-refractivity contribution in [2.45, 2.75) is 5.16 Å². The molecule has 1 N–H and O–H groups in total. The van der Waals surface area contributed by atoms with Gasteiger partial charge in [-0.05, 0) is 36.4 Å². The van der Waals surface area contributed by atoms with Crippen LogP contribution in [-0.2, 0) is 4.79 Å². The van der Waals surface area contributed by atoms with Crippen LogP contribution in [0.5, 0.6) is 5.75 Å². The number of hydrogen-bond acceptors (Lipinski definition) is 6. The third-order valence-corrected chi connectivity index (χ3v) is 4.93. The number of aromatic nitrogens is 4. The quantitative estimate of drug-likeness (QED) is 0.507. The first kappa shape index (κ1) is 18.0. The van der Waals surface area contributed by atoms with Gasteiger partial charge in [0, 0.05) is 11.3 Å². The van der Waals surface area contributed by atoms with E-state index in [0.717, 1.165) is 17.0 Å². The largest absolute Gasteiger partial charge is 0.497 e. The van der Waals surface area contributed by atoms with E-state index in [4.69, 9.17) is 4.74 Å². The second kappa shape index (κ2) is 8.10. The maximum absolute atomic E-state index is 12.2. The van der Waals surface area contributed by atoms with Crippen LogP contribution in [0.3, 0.4) is 0 Å². The molecule has 0 fully saturated rings. The molecule has 1 amide bonds. The molecule has 2 aromatic heterocycles. The molecule has 0 saturated carbocycles. The number of amides is 1. The van der Waals surface area contributed by atoms with E-state index in [1.165, 1.54) is 11.8 Å². The maximum Gasteiger partial charge on any atom is 0.234 e. The third kappa shape index (κ3) is 3.96. The molecule has 0 aliphatic heterocycles. The average molecular weight is 391 g/mol. The molecule has 0 aliphatic rings. The van der Waals surface area contributed by atoms with Crippen molar-refractivity contribution in [3.8, 4) is 17.0 Å². The standard InChI is InChI=1S/C20H17N5O2S/c1-27-16-9-7-15(8-10-16)21-19(26)13-28-20-23-22-18-12-11-17(24-25(18)20)14-5-3-2-4-6-14/h2-12H,13H2,1H3,(H,21,26). The van der Waals surface area contributed by atoms with Gasteiger partial charge in [0.15, 0.2) is 5.65 Å². The van der Waals surface area contributed by atoms with Crippen LogP contribution in [0.4, 0.5) is 5.69 Å². The van der Waals surface area contributed by atoms with Crippen molar-refractivity contribution in [1.82, 2.24) is 19.8 Å². The Morgan fingerprint density at radius 3 is 2.57 bits per heavy atom. The molecule has 2 aromatic carbocycles. The Balaban J connectivity index is 1.46. The Morgan fingerprint density at radius 2 is 1.82 bits per heavy atom. The number of nitrogens with one attached hydrogen (secondary N) is 1. The van der Waals surface area contributed by atoms with Gasteiger partial charge in [0.05, 0.1) is 18.6 Å². The minimum absolute atomic E-state index is 0.133. The zero-order valence-electron chi connectivity index (χ0n) is 15.1. The van der Waals surface area contributed by atoms with E-state index in [1.54, 1.807) is 35.9 Å². The third-order valence-electron chi connectivity index (χ3n) is 4.01. The summed E-state index contributed by atoms with van der Waals surface area (Å²) in [6.45, 7) is 0. The molecule has 0 unspecified atom stereocenters. The van der Waals surface area contributed by atoms with E-state index in [0.29, 0.717) is 16.5 Å². The van der Waals surface area contributed by atoms with Crippen LogP contribution in [0.2, 0.25) is 0 Å². The Hall–Kier alpha value is -3.39. The van der Waals surface area contributed by atoms with Gasteiger partial charge in [-0.1, -0.05) is 42.1 Å². The second-order valence-corrected chi connectivity index (χ2v) is 6.85. The molecule has 0 atom stereocenters. The number of ether oxygens (including phenoxy) is 1. The average Bonchev–Trinajstić information content (AvgIpc) is 3.16. The summed E-state index contributed by atoms with van der Waals surface area (Å²) in [4.78, 5) is 12.2. The number of anilines is 1. The number of fused-ring (bicyclic) bond motifs is 1. The van der Waals surface area contributed by atoms with E-state index in [1.807, 2.05) is 42.5 Å². The number of hydrogen-bond donors (Lipinski definition) is 1. The van der Waals surface area contributed by atoms with Crippen LogP contribution in [0, 0.1) is 0 Å². The summed E-state index contributed by atoms with van der Waals surface area (Å²) < 4.78 is 6.77. The van der Waals surface area contributed by atoms with Crippen LogP contribution in [0.25, 0.3) is 16.9 Å². The second-order valence-electron chi connectivity index (χ2n) is 5.90. The number of methoxy groups -OCH3 is 1. The first-order valence-electron chi connectivity index (χ1n) is 8.57. The van der Waals surface area contributed by atoms with Gasteiger partial charge < -0.3 is 10.1 Å². The molecule has 0 saturated heterocycles. The van der Waals surface area contributed by atoms with Gasteiger partial charge >= 0.3 is 0 Å². The van der Waals surface area contributed by atoms with Crippen LogP contribution in [-0.4, -0.2) is 38.6 Å². The highest BCUT2D eigenvalue weighted by molar-refractivity contribution is 7.99. The molecule has 7 nitrogen and oxygen atoms in total. The van der Waals surface area contributed by atoms with Gasteiger partial charge in [0.1, 0.15) is 5.75 Å². The highest BCUT2D eigenvalue weighted by atomic mass is 32.2. The van der Waals surface area contributed by atoms with Crippen molar-refractivity contribution in [3.63, 3.8) is 0 Å². The summed E-state index contributed by atoms with van der Waals surface area (Å²) in [6.07, 6.45) is 0. The predicted molar refractivity (Wildman–Crippen MR) is 109 cm³/mol. The molecular formula is C20H17N5O2S. The fourth-order valence-electron chi connectivity index (χ4n) is 2.62. The van der Waals surface area contributed by atoms with Gasteiger partial charge in [0.2, 0.25) is 11.1 Å². The molecule has 28 heavy (non-hydrogen) atoms. The highest BCUT2D eigenvalue weighted by Gasteiger charge is 2.12. The molecule has 140 valence electrons. The van der Waals surface area contributed by atoms with E-state index in [-0.39, 0.29) is 11.7 Å². The van der Waals surface area contributed by atoms with E-state index in [2.05, 4.69) is 20.6 Å². The summed E-state index contributed by atoms with van der Waals surface area (Å²) in [5.41, 5.74) is 3.17. The zero-order chi connectivity index (χ0) is 19.3. The number of carbonyl (C=O) groups is 1. The van der Waals surface area contributed by atoms with Crippen LogP contribution in [0.15, 0.2) is 71.9 Å². The lowest BCUT2D eigenvalue weighted by atomic mass is 10.1. The number of carbonyl (C=O) groups excluding carboxylic acids is 1. The smallest absolute Gasteiger partial charge is 0.234 e. The molecule has 0 bridgehead atoms. The lowest BCUT2D eigenvalue weighted by Gasteiger charge is -2.06. The Bertz CT molecular complexity index is 1100. The van der Waals surface area contributed by atoms with Crippen molar-refractivity contribution in [2.24, 2.45) is 0 Å². The van der Waals surface area contributed by atoms with Crippen molar-refractivity contribution in [2.75, 3.05) is 18.2 Å². The molecule has 0 radical (unpaired) electrons. The summed E-state index contributed by atoms with van der Waals surface area (Å²) in [7, 11) is 1.60. The van der Waals surface area contributed by atoms with E-state index < -0.39 is 0 Å². The summed E-state index contributed by atoms with van der Waals surface area (Å²) >= 11 is 1.29. The SMILES string of the molecule is COc1ccc(NC(=O)CSc2nnc3ccc(-c4ccccc4)nn23)cc1. The highest BCUT2D eigenvalue weighted by Crippen LogP contribution is 2.21. The summed E-state index contributed by atoms with van der Waals surface area (Å²) in [5.74, 6) is 0.804. The minimum Gasteiger partial charge on any atom is -0.497 e. The van der Waals surface area contributed by atoms with Crippen molar-refractivity contribution < 1.29 is 9.53 Å². The predicted octanol–water partition coefficient (Wildman–Crippen LogP) is 3.53. The number of rotatable bonds is 6. The monoisotopic (exact) mass is 391 g/mol. The fraction of sp³-hybridized carbons (Fsp3) is 0.100. The van der Waals surface area contributed by atoms with Crippen molar-refractivity contribution in [3.05, 3.63) is 66.7 Å². The summed E-state index contributed by atoms with van der Waals surface area (Å²) in [5, 5.41) is 16.3. The maximum atomic E-state index is 12.2. The van der Waals surface area contributed by atoms with Gasteiger partial charge in [-0.2, -0.15) is 9.61 Å². The summed E-state index contributed by atoms with van der Waals surface area (Å²) in [6, 6.07) is 20.8. The van der Waals surface area contributed by atoms with Gasteiger partial charge in [-0.15, -0.1) is 10.2 Å². The van der Waals surface area contributed by atoms with Crippen molar-refractivity contribution in [1.29, 1.82) is 0 Å². The molecule has 2 heterocycles. The van der Waals surface area contributed by atoms with E-state index >= 15 is 0 Å². The molecule has 8 heteroatoms.